The molecule has 5 rings (SSSR count). The van der Waals surface area contributed by atoms with Gasteiger partial charge in [-0.25, -0.2) is 14.8 Å². The number of hydrogen-bond donors (Lipinski definition) is 2. The zero-order chi connectivity index (χ0) is 24.9. The molecule has 2 aromatic carbocycles. The summed E-state index contributed by atoms with van der Waals surface area (Å²) in [4.78, 5) is 23.0. The highest BCUT2D eigenvalue weighted by atomic mass is 19.4. The fourth-order valence-electron chi connectivity index (χ4n) is 4.47. The van der Waals surface area contributed by atoms with E-state index in [2.05, 4.69) is 29.1 Å². The molecular formula is C25H23F3N6O. The van der Waals surface area contributed by atoms with Crippen molar-refractivity contribution >= 4 is 34.3 Å². The number of aromatic nitrogens is 3. The molecule has 0 spiro atoms. The molecule has 10 heteroatoms. The largest absolute Gasteiger partial charge is 0.416 e. The Morgan fingerprint density at radius 2 is 1.94 bits per heavy atom. The molecule has 35 heavy (non-hydrogen) atoms. The number of carbonyl (C=O) groups is 1. The second-order valence-electron chi connectivity index (χ2n) is 8.76. The number of nitrogens with one attached hydrogen (secondary N) is 1. The van der Waals surface area contributed by atoms with Crippen LogP contribution in [0.5, 0.6) is 0 Å². The first-order valence-electron chi connectivity index (χ1n) is 11.1. The number of fused-ring (bicyclic) bond motifs is 2. The SMILES string of the molecule is CC(C)n1cc(-c2ccc3c(c2)CCN3C(=O)Nc2cccc(C(F)(F)F)c2)c2c(N)ncnc21. The van der Waals surface area contributed by atoms with Gasteiger partial charge in [-0.3, -0.25) is 4.90 Å². The normalized spacial score (nSPS) is 13.5. The molecule has 0 radical (unpaired) electrons. The van der Waals surface area contributed by atoms with Crippen LogP contribution >= 0.6 is 0 Å². The number of nitrogens with zero attached hydrogens (tertiary/aromatic N) is 4. The zero-order valence-corrected chi connectivity index (χ0v) is 19.1. The van der Waals surface area contributed by atoms with Gasteiger partial charge in [0.25, 0.3) is 0 Å². The van der Waals surface area contributed by atoms with Gasteiger partial charge < -0.3 is 15.6 Å². The van der Waals surface area contributed by atoms with Crippen LogP contribution in [0.1, 0.15) is 31.0 Å². The van der Waals surface area contributed by atoms with E-state index in [0.717, 1.165) is 45.5 Å². The monoisotopic (exact) mass is 480 g/mol. The standard InChI is InChI=1S/C25H23F3N6O/c1-14(2)34-12-19(21-22(29)30-13-31-23(21)34)15-6-7-20-16(10-15)8-9-33(20)24(35)32-18-5-3-4-17(11-18)25(26,27)28/h3-7,10-14H,8-9H2,1-2H3,(H,32,35)(H2,29,30,31). The van der Waals surface area contributed by atoms with Crippen molar-refractivity contribution in [2.24, 2.45) is 0 Å². The number of rotatable bonds is 3. The van der Waals surface area contributed by atoms with Crippen LogP contribution in [-0.2, 0) is 12.6 Å². The lowest BCUT2D eigenvalue weighted by Gasteiger charge is -2.19. The van der Waals surface area contributed by atoms with Crippen LogP contribution in [0.15, 0.2) is 55.0 Å². The first-order chi connectivity index (χ1) is 16.6. The van der Waals surface area contributed by atoms with E-state index in [9.17, 15) is 18.0 Å². The number of hydrogen-bond acceptors (Lipinski definition) is 4. The third-order valence-electron chi connectivity index (χ3n) is 6.17. The summed E-state index contributed by atoms with van der Waals surface area (Å²) in [6, 6.07) is 10.1. The maximum atomic E-state index is 13.0. The summed E-state index contributed by atoms with van der Waals surface area (Å²) in [6.07, 6.45) is -0.405. The third-order valence-corrected chi connectivity index (χ3v) is 6.17. The van der Waals surface area contributed by atoms with E-state index in [-0.39, 0.29) is 11.7 Å². The molecular weight excluding hydrogens is 457 g/mol. The van der Waals surface area contributed by atoms with Crippen LogP contribution in [0.2, 0.25) is 0 Å². The number of nitrogen functional groups attached to an aromatic ring is 1. The number of amides is 2. The van der Waals surface area contributed by atoms with Gasteiger partial charge in [0.05, 0.1) is 10.9 Å². The van der Waals surface area contributed by atoms with E-state index in [1.807, 2.05) is 29.0 Å². The van der Waals surface area contributed by atoms with Gasteiger partial charge in [0, 0.05) is 35.7 Å². The Balaban J connectivity index is 1.45. The molecule has 0 aliphatic carbocycles. The minimum atomic E-state index is -4.48. The number of alkyl halides is 3. The molecule has 2 aromatic heterocycles. The van der Waals surface area contributed by atoms with E-state index in [0.29, 0.717) is 18.8 Å². The number of nitrogens with two attached hydrogens (primary N) is 1. The van der Waals surface area contributed by atoms with Gasteiger partial charge in [0.2, 0.25) is 0 Å². The van der Waals surface area contributed by atoms with Crippen LogP contribution in [0.4, 0.5) is 35.2 Å². The van der Waals surface area contributed by atoms with Crippen molar-refractivity contribution in [3.63, 3.8) is 0 Å². The van der Waals surface area contributed by atoms with E-state index >= 15 is 0 Å². The fraction of sp³-hybridized carbons (Fsp3) is 0.240. The third kappa shape index (κ3) is 4.05. The van der Waals surface area contributed by atoms with Crippen LogP contribution in [-0.4, -0.2) is 27.1 Å². The summed E-state index contributed by atoms with van der Waals surface area (Å²) in [5, 5.41) is 3.36. The van der Waals surface area contributed by atoms with Gasteiger partial charge in [-0.05, 0) is 61.7 Å². The molecule has 0 saturated heterocycles. The smallest absolute Gasteiger partial charge is 0.383 e. The predicted octanol–water partition coefficient (Wildman–Crippen LogP) is 5.87. The Kier molecular flexibility index (Phi) is 5.38. The molecule has 1 aliphatic rings. The first-order valence-corrected chi connectivity index (χ1v) is 11.1. The predicted molar refractivity (Wildman–Crippen MR) is 129 cm³/mol. The maximum absolute atomic E-state index is 13.0. The van der Waals surface area contributed by atoms with Gasteiger partial charge in [-0.2, -0.15) is 13.2 Å². The average Bonchev–Trinajstić information content (AvgIpc) is 3.41. The van der Waals surface area contributed by atoms with Gasteiger partial charge >= 0.3 is 12.2 Å². The molecule has 0 atom stereocenters. The molecule has 0 unspecified atom stereocenters. The van der Waals surface area contributed by atoms with Crippen LogP contribution < -0.4 is 16.0 Å². The van der Waals surface area contributed by atoms with E-state index in [1.165, 1.54) is 23.4 Å². The topological polar surface area (TPSA) is 89.1 Å². The van der Waals surface area contributed by atoms with Crippen molar-refractivity contribution in [3.8, 4) is 11.1 Å². The minimum absolute atomic E-state index is 0.0897. The van der Waals surface area contributed by atoms with E-state index in [4.69, 9.17) is 5.73 Å². The van der Waals surface area contributed by atoms with E-state index < -0.39 is 17.8 Å². The van der Waals surface area contributed by atoms with Gasteiger partial charge in [0.1, 0.15) is 17.8 Å². The Labute approximate surface area is 199 Å². The zero-order valence-electron chi connectivity index (χ0n) is 19.1. The summed E-state index contributed by atoms with van der Waals surface area (Å²) >= 11 is 0. The molecule has 3 heterocycles. The van der Waals surface area contributed by atoms with Crippen LogP contribution in [0.3, 0.4) is 0 Å². The highest BCUT2D eigenvalue weighted by molar-refractivity contribution is 6.04. The molecule has 1 aliphatic heterocycles. The second kappa shape index (κ2) is 8.30. The molecule has 0 fully saturated rings. The number of carbonyl (C=O) groups excluding carboxylic acids is 1. The van der Waals surface area contributed by atoms with Crippen molar-refractivity contribution in [2.75, 3.05) is 22.5 Å². The highest BCUT2D eigenvalue weighted by Crippen LogP contribution is 2.38. The average molecular weight is 480 g/mol. The molecule has 3 N–H and O–H groups in total. The number of halogens is 3. The molecule has 180 valence electrons. The number of anilines is 3. The van der Waals surface area contributed by atoms with Crippen molar-refractivity contribution < 1.29 is 18.0 Å². The maximum Gasteiger partial charge on any atom is 0.416 e. The lowest BCUT2D eigenvalue weighted by molar-refractivity contribution is -0.137. The molecule has 4 aromatic rings. The Hall–Kier alpha value is -4.08. The summed E-state index contributed by atoms with van der Waals surface area (Å²) in [7, 11) is 0. The lowest BCUT2D eigenvalue weighted by Crippen LogP contribution is -2.33. The first kappa shape index (κ1) is 22.7. The molecule has 0 saturated carbocycles. The summed E-state index contributed by atoms with van der Waals surface area (Å²) in [5.41, 5.74) is 9.74. The van der Waals surface area contributed by atoms with Crippen molar-refractivity contribution in [1.82, 2.24) is 14.5 Å². The second-order valence-corrected chi connectivity index (χ2v) is 8.76. The fourth-order valence-corrected chi connectivity index (χ4v) is 4.47. The van der Waals surface area contributed by atoms with Gasteiger partial charge in [-0.15, -0.1) is 0 Å². The Bertz CT molecular complexity index is 1440. The van der Waals surface area contributed by atoms with Crippen LogP contribution in [0.25, 0.3) is 22.2 Å². The van der Waals surface area contributed by atoms with E-state index in [1.54, 1.807) is 0 Å². The van der Waals surface area contributed by atoms with Crippen molar-refractivity contribution in [1.29, 1.82) is 0 Å². The van der Waals surface area contributed by atoms with Gasteiger partial charge in [0.15, 0.2) is 0 Å². The summed E-state index contributed by atoms with van der Waals surface area (Å²) < 4.78 is 41.1. The molecule has 0 bridgehead atoms. The Morgan fingerprint density at radius 3 is 2.69 bits per heavy atom. The van der Waals surface area contributed by atoms with Crippen molar-refractivity contribution in [2.45, 2.75) is 32.5 Å². The number of urea groups is 1. The summed E-state index contributed by atoms with van der Waals surface area (Å²) in [5.74, 6) is 0.395. The minimum Gasteiger partial charge on any atom is -0.383 e. The number of benzene rings is 2. The quantitative estimate of drug-likeness (QED) is 0.384. The van der Waals surface area contributed by atoms with Crippen LogP contribution in [0, 0.1) is 0 Å². The highest BCUT2D eigenvalue weighted by Gasteiger charge is 2.31. The molecule has 7 nitrogen and oxygen atoms in total. The lowest BCUT2D eigenvalue weighted by atomic mass is 10.0. The van der Waals surface area contributed by atoms with Crippen molar-refractivity contribution in [3.05, 3.63) is 66.1 Å². The Morgan fingerprint density at radius 1 is 1.14 bits per heavy atom. The summed E-state index contributed by atoms with van der Waals surface area (Å²) in [6.45, 7) is 4.54. The van der Waals surface area contributed by atoms with Gasteiger partial charge in [-0.1, -0.05) is 12.1 Å². The molecule has 2 amide bonds.